The first-order chi connectivity index (χ1) is 12.1. The molecule has 0 aliphatic carbocycles. The van der Waals surface area contributed by atoms with E-state index in [1.807, 2.05) is 19.1 Å². The minimum atomic E-state index is -0.00386. The van der Waals surface area contributed by atoms with E-state index in [4.69, 9.17) is 4.74 Å². The molecule has 0 spiro atoms. The van der Waals surface area contributed by atoms with Gasteiger partial charge in [-0.25, -0.2) is 0 Å². The fourth-order valence-corrected chi connectivity index (χ4v) is 3.35. The average Bonchev–Trinajstić information content (AvgIpc) is 3.15. The summed E-state index contributed by atoms with van der Waals surface area (Å²) in [5.41, 5.74) is 2.31. The zero-order valence-corrected chi connectivity index (χ0v) is 14.8. The van der Waals surface area contributed by atoms with Crippen LogP contribution in [0.15, 0.2) is 18.2 Å². The van der Waals surface area contributed by atoms with Crippen molar-refractivity contribution >= 4 is 17.5 Å². The number of nitrogens with zero attached hydrogens (tertiary/aromatic N) is 1. The molecule has 25 heavy (non-hydrogen) atoms. The minimum absolute atomic E-state index is 0.00386. The Morgan fingerprint density at radius 1 is 1.32 bits per heavy atom. The van der Waals surface area contributed by atoms with Crippen LogP contribution < -0.4 is 10.6 Å². The summed E-state index contributed by atoms with van der Waals surface area (Å²) in [6, 6.07) is 5.51. The van der Waals surface area contributed by atoms with Crippen molar-refractivity contribution in [2.24, 2.45) is 5.92 Å². The summed E-state index contributed by atoms with van der Waals surface area (Å²) >= 11 is 0. The summed E-state index contributed by atoms with van der Waals surface area (Å²) in [6.07, 6.45) is 2.58. The van der Waals surface area contributed by atoms with Crippen LogP contribution >= 0.6 is 0 Å². The van der Waals surface area contributed by atoms with Crippen LogP contribution in [0.3, 0.4) is 0 Å². The van der Waals surface area contributed by atoms with Gasteiger partial charge in [-0.1, -0.05) is 6.07 Å². The van der Waals surface area contributed by atoms with Gasteiger partial charge >= 0.3 is 0 Å². The second-order valence-electron chi connectivity index (χ2n) is 6.88. The Bertz CT molecular complexity index is 620. The Balaban J connectivity index is 1.60. The molecule has 0 aromatic heterocycles. The predicted octanol–water partition coefficient (Wildman–Crippen LogP) is 1.80. The fraction of sp³-hybridized carbons (Fsp3) is 0.579. The molecule has 1 unspecified atom stereocenters. The zero-order valence-electron chi connectivity index (χ0n) is 14.8. The topological polar surface area (TPSA) is 70.7 Å². The van der Waals surface area contributed by atoms with Gasteiger partial charge in [-0.3, -0.25) is 9.59 Å². The van der Waals surface area contributed by atoms with Crippen LogP contribution in [0.25, 0.3) is 0 Å². The lowest BCUT2D eigenvalue weighted by molar-refractivity contribution is -0.116. The van der Waals surface area contributed by atoms with Gasteiger partial charge in [0, 0.05) is 30.8 Å². The Morgan fingerprint density at radius 3 is 2.84 bits per heavy atom. The normalized spacial score (nSPS) is 20.5. The number of aryl methyl sites for hydroxylation is 1. The molecule has 6 heteroatoms. The van der Waals surface area contributed by atoms with Crippen LogP contribution in [-0.2, 0) is 9.53 Å². The Labute approximate surface area is 148 Å². The monoisotopic (exact) mass is 345 g/mol. The number of morpholine rings is 1. The fourth-order valence-electron chi connectivity index (χ4n) is 3.35. The van der Waals surface area contributed by atoms with Gasteiger partial charge in [0.05, 0.1) is 13.2 Å². The van der Waals surface area contributed by atoms with E-state index < -0.39 is 0 Å². The number of amides is 2. The van der Waals surface area contributed by atoms with E-state index in [9.17, 15) is 9.59 Å². The van der Waals surface area contributed by atoms with Crippen molar-refractivity contribution in [3.8, 4) is 0 Å². The molecule has 1 atom stereocenters. The highest BCUT2D eigenvalue weighted by atomic mass is 16.5. The van der Waals surface area contributed by atoms with E-state index in [-0.39, 0.29) is 11.8 Å². The Kier molecular flexibility index (Phi) is 6.04. The second kappa shape index (κ2) is 8.45. The number of carbonyl (C=O) groups is 2. The second-order valence-corrected chi connectivity index (χ2v) is 6.88. The van der Waals surface area contributed by atoms with Crippen molar-refractivity contribution in [2.75, 3.05) is 44.7 Å². The van der Waals surface area contributed by atoms with Gasteiger partial charge in [0.1, 0.15) is 0 Å². The third kappa shape index (κ3) is 4.80. The molecule has 2 heterocycles. The van der Waals surface area contributed by atoms with Crippen LogP contribution in [0.2, 0.25) is 0 Å². The first-order valence-electron chi connectivity index (χ1n) is 9.12. The lowest BCUT2D eigenvalue weighted by Gasteiger charge is -2.27. The molecule has 136 valence electrons. The number of nitrogens with one attached hydrogen (secondary N) is 2. The number of rotatable bonds is 5. The van der Waals surface area contributed by atoms with Crippen LogP contribution in [0.5, 0.6) is 0 Å². The molecular weight excluding hydrogens is 318 g/mol. The summed E-state index contributed by atoms with van der Waals surface area (Å²) in [7, 11) is 0. The molecule has 0 saturated carbocycles. The number of hydrogen-bond acceptors (Lipinski definition) is 4. The van der Waals surface area contributed by atoms with Crippen molar-refractivity contribution in [2.45, 2.75) is 26.2 Å². The average molecular weight is 345 g/mol. The summed E-state index contributed by atoms with van der Waals surface area (Å²) in [5, 5.41) is 6.30. The number of carbonyl (C=O) groups excluding carboxylic acids is 2. The molecule has 1 aromatic rings. The van der Waals surface area contributed by atoms with E-state index >= 15 is 0 Å². The molecule has 1 aromatic carbocycles. The maximum Gasteiger partial charge on any atom is 0.254 e. The van der Waals surface area contributed by atoms with Crippen LogP contribution in [-0.4, -0.2) is 56.1 Å². The molecule has 6 nitrogen and oxygen atoms in total. The molecule has 2 amide bonds. The van der Waals surface area contributed by atoms with E-state index in [2.05, 4.69) is 10.6 Å². The lowest BCUT2D eigenvalue weighted by Crippen LogP contribution is -2.40. The minimum Gasteiger partial charge on any atom is -0.378 e. The van der Waals surface area contributed by atoms with Crippen molar-refractivity contribution < 1.29 is 14.3 Å². The molecule has 0 radical (unpaired) electrons. The molecule has 2 aliphatic heterocycles. The SMILES string of the molecule is Cc1ccc(C(=O)N2CCOCC2)cc1NC(=O)CCC1CCNC1. The van der Waals surface area contributed by atoms with Gasteiger partial charge in [0.15, 0.2) is 0 Å². The highest BCUT2D eigenvalue weighted by molar-refractivity contribution is 5.97. The van der Waals surface area contributed by atoms with Crippen molar-refractivity contribution in [1.29, 1.82) is 0 Å². The first-order valence-corrected chi connectivity index (χ1v) is 9.12. The maximum absolute atomic E-state index is 12.6. The summed E-state index contributed by atoms with van der Waals surface area (Å²) in [5.74, 6) is 0.614. The number of hydrogen-bond donors (Lipinski definition) is 2. The lowest BCUT2D eigenvalue weighted by atomic mass is 10.0. The van der Waals surface area contributed by atoms with Crippen LogP contribution in [0, 0.1) is 12.8 Å². The van der Waals surface area contributed by atoms with E-state index in [0.717, 1.165) is 37.2 Å². The molecule has 2 saturated heterocycles. The van der Waals surface area contributed by atoms with Gasteiger partial charge in [-0.15, -0.1) is 0 Å². The van der Waals surface area contributed by atoms with Crippen LogP contribution in [0.1, 0.15) is 35.2 Å². The van der Waals surface area contributed by atoms with Crippen molar-refractivity contribution in [3.05, 3.63) is 29.3 Å². The van der Waals surface area contributed by atoms with E-state index in [1.165, 1.54) is 0 Å². The molecule has 2 aliphatic rings. The number of benzene rings is 1. The molecule has 2 N–H and O–H groups in total. The highest BCUT2D eigenvalue weighted by Gasteiger charge is 2.20. The summed E-state index contributed by atoms with van der Waals surface area (Å²) in [4.78, 5) is 26.7. The first kappa shape index (κ1) is 17.9. The van der Waals surface area contributed by atoms with Gasteiger partial charge in [-0.2, -0.15) is 0 Å². The smallest absolute Gasteiger partial charge is 0.254 e. The number of anilines is 1. The van der Waals surface area contributed by atoms with E-state index in [0.29, 0.717) is 44.2 Å². The van der Waals surface area contributed by atoms with Crippen LogP contribution in [0.4, 0.5) is 5.69 Å². The molecule has 2 fully saturated rings. The van der Waals surface area contributed by atoms with Crippen molar-refractivity contribution in [1.82, 2.24) is 10.2 Å². The van der Waals surface area contributed by atoms with Gasteiger partial charge in [0.25, 0.3) is 5.91 Å². The van der Waals surface area contributed by atoms with Crippen molar-refractivity contribution in [3.63, 3.8) is 0 Å². The zero-order chi connectivity index (χ0) is 17.6. The molecular formula is C19H27N3O3. The quantitative estimate of drug-likeness (QED) is 0.854. The largest absolute Gasteiger partial charge is 0.378 e. The van der Waals surface area contributed by atoms with E-state index in [1.54, 1.807) is 11.0 Å². The Hall–Kier alpha value is -1.92. The third-order valence-corrected chi connectivity index (χ3v) is 5.00. The molecule has 3 rings (SSSR count). The highest BCUT2D eigenvalue weighted by Crippen LogP contribution is 2.20. The Morgan fingerprint density at radius 2 is 2.12 bits per heavy atom. The number of ether oxygens (including phenoxy) is 1. The maximum atomic E-state index is 12.6. The van der Waals surface area contributed by atoms with Gasteiger partial charge < -0.3 is 20.3 Å². The van der Waals surface area contributed by atoms with Gasteiger partial charge in [0.2, 0.25) is 5.91 Å². The predicted molar refractivity (Wildman–Crippen MR) is 96.7 cm³/mol. The molecule has 0 bridgehead atoms. The third-order valence-electron chi connectivity index (χ3n) is 5.00. The standard InChI is InChI=1S/C19H27N3O3/c1-14-2-4-16(19(24)22-8-10-25-11-9-22)12-17(14)21-18(23)5-3-15-6-7-20-13-15/h2,4,12,15,20H,3,5-11,13H2,1H3,(H,21,23). The summed E-state index contributed by atoms with van der Waals surface area (Å²) in [6.45, 7) is 6.40. The van der Waals surface area contributed by atoms with Gasteiger partial charge in [-0.05, 0) is 56.5 Å². The summed E-state index contributed by atoms with van der Waals surface area (Å²) < 4.78 is 5.29.